The Bertz CT molecular complexity index is 335. The van der Waals surface area contributed by atoms with Gasteiger partial charge in [-0.3, -0.25) is 4.79 Å². The van der Waals surface area contributed by atoms with Gasteiger partial charge in [0.05, 0.1) is 6.42 Å². The van der Waals surface area contributed by atoms with E-state index in [-0.39, 0.29) is 12.3 Å². The number of carbonyl (C=O) groups is 1. The molecule has 0 amide bonds. The summed E-state index contributed by atoms with van der Waals surface area (Å²) in [5, 5.41) is 8.67. The second-order valence-electron chi connectivity index (χ2n) is 3.12. The van der Waals surface area contributed by atoms with Gasteiger partial charge in [-0.05, 0) is 35.5 Å². The predicted octanol–water partition coefficient (Wildman–Crippen LogP) is 1.87. The van der Waals surface area contributed by atoms with E-state index in [1.165, 1.54) is 0 Å². The summed E-state index contributed by atoms with van der Waals surface area (Å²) in [5.41, 5.74) is 6.33. The number of halogens is 1. The quantitative estimate of drug-likeness (QED) is 0.868. The lowest BCUT2D eigenvalue weighted by Crippen LogP contribution is -2.16. The lowest BCUT2D eigenvalue weighted by Gasteiger charge is -2.09. The Morgan fingerprint density at radius 1 is 1.79 bits per heavy atom. The molecule has 0 bridgehead atoms. The maximum atomic E-state index is 10.6. The van der Waals surface area contributed by atoms with Crippen molar-refractivity contribution in [3.05, 3.63) is 22.1 Å². The molecule has 1 unspecified atom stereocenters. The predicted molar refractivity (Wildman–Crippen MR) is 55.2 cm³/mol. The number of furan rings is 1. The van der Waals surface area contributed by atoms with Crippen molar-refractivity contribution in [2.45, 2.75) is 19.3 Å². The van der Waals surface area contributed by atoms with Crippen LogP contribution in [0.25, 0.3) is 0 Å². The summed E-state index contributed by atoms with van der Waals surface area (Å²) < 4.78 is 5.82. The Hall–Kier alpha value is -0.810. The highest BCUT2D eigenvalue weighted by Gasteiger charge is 2.19. The molecule has 4 nitrogen and oxygen atoms in total. The molecular weight excluding hydrogens is 250 g/mol. The minimum atomic E-state index is -0.855. The molecule has 0 spiro atoms. The number of aliphatic carboxylic acids is 1. The Balaban J connectivity index is 2.88. The monoisotopic (exact) mass is 261 g/mol. The van der Waals surface area contributed by atoms with E-state index in [0.717, 1.165) is 11.3 Å². The number of aryl methyl sites for hydroxylation is 1. The fourth-order valence-electron chi connectivity index (χ4n) is 1.31. The van der Waals surface area contributed by atoms with Crippen LogP contribution in [0.1, 0.15) is 23.7 Å². The maximum Gasteiger partial charge on any atom is 0.304 e. The molecule has 0 radical (unpaired) electrons. The number of hydrogen-bond donors (Lipinski definition) is 2. The smallest absolute Gasteiger partial charge is 0.304 e. The first-order valence-corrected chi connectivity index (χ1v) is 5.01. The maximum absolute atomic E-state index is 10.6. The Morgan fingerprint density at radius 2 is 2.43 bits per heavy atom. The van der Waals surface area contributed by atoms with Gasteiger partial charge in [0.2, 0.25) is 0 Å². The third-order valence-corrected chi connectivity index (χ3v) is 2.60. The van der Waals surface area contributed by atoms with Crippen LogP contribution >= 0.6 is 15.9 Å². The van der Waals surface area contributed by atoms with Gasteiger partial charge in [0, 0.05) is 11.5 Å². The summed E-state index contributed by atoms with van der Waals surface area (Å²) in [6.07, 6.45) is 0.0219. The molecule has 0 saturated carbocycles. The summed E-state index contributed by atoms with van der Waals surface area (Å²) in [6.45, 7) is 2.10. The molecule has 0 fully saturated rings. The van der Waals surface area contributed by atoms with Crippen LogP contribution in [0.2, 0.25) is 0 Å². The van der Waals surface area contributed by atoms with Crippen molar-refractivity contribution in [2.75, 3.05) is 6.54 Å². The number of carboxylic acid groups (broad SMARTS) is 1. The van der Waals surface area contributed by atoms with E-state index in [2.05, 4.69) is 15.9 Å². The minimum absolute atomic E-state index is 0.0219. The van der Waals surface area contributed by atoms with Crippen LogP contribution in [-0.2, 0) is 4.79 Å². The highest BCUT2D eigenvalue weighted by molar-refractivity contribution is 9.10. The van der Waals surface area contributed by atoms with Gasteiger partial charge >= 0.3 is 5.97 Å². The van der Waals surface area contributed by atoms with E-state index in [4.69, 9.17) is 15.3 Å². The van der Waals surface area contributed by atoms with E-state index in [1.807, 2.05) is 13.0 Å². The molecule has 1 rings (SSSR count). The van der Waals surface area contributed by atoms with Gasteiger partial charge in [-0.1, -0.05) is 0 Å². The highest BCUT2D eigenvalue weighted by Crippen LogP contribution is 2.29. The standard InChI is InChI=1S/C9H12BrNO3/c1-5-2-7(9(10)14-5)6(4-11)3-8(12)13/h2,6H,3-4,11H2,1H3,(H,12,13). The van der Waals surface area contributed by atoms with Crippen LogP contribution in [0.5, 0.6) is 0 Å². The molecule has 0 aliphatic carbocycles. The summed E-state index contributed by atoms with van der Waals surface area (Å²) in [4.78, 5) is 10.6. The Morgan fingerprint density at radius 3 is 2.79 bits per heavy atom. The molecule has 78 valence electrons. The van der Waals surface area contributed by atoms with Gasteiger partial charge in [-0.15, -0.1) is 0 Å². The third kappa shape index (κ3) is 2.59. The van der Waals surface area contributed by atoms with Crippen molar-refractivity contribution in [3.63, 3.8) is 0 Å². The zero-order valence-corrected chi connectivity index (χ0v) is 9.37. The van der Waals surface area contributed by atoms with E-state index in [0.29, 0.717) is 11.2 Å². The number of hydrogen-bond acceptors (Lipinski definition) is 3. The van der Waals surface area contributed by atoms with Crippen LogP contribution in [0.15, 0.2) is 15.2 Å². The zero-order chi connectivity index (χ0) is 10.7. The molecule has 3 N–H and O–H groups in total. The molecule has 0 aliphatic rings. The van der Waals surface area contributed by atoms with Crippen molar-refractivity contribution < 1.29 is 14.3 Å². The number of rotatable bonds is 4. The molecule has 1 atom stereocenters. The fraction of sp³-hybridized carbons (Fsp3) is 0.444. The molecule has 1 heterocycles. The summed E-state index contributed by atoms with van der Waals surface area (Å²) in [5.74, 6) is -0.304. The first kappa shape index (κ1) is 11.3. The van der Waals surface area contributed by atoms with Gasteiger partial charge in [0.15, 0.2) is 4.67 Å². The van der Waals surface area contributed by atoms with Crippen molar-refractivity contribution in [1.82, 2.24) is 0 Å². The largest absolute Gasteiger partial charge is 0.481 e. The van der Waals surface area contributed by atoms with Crippen molar-refractivity contribution in [1.29, 1.82) is 0 Å². The van der Waals surface area contributed by atoms with Gasteiger partial charge in [0.1, 0.15) is 5.76 Å². The van der Waals surface area contributed by atoms with Crippen LogP contribution < -0.4 is 5.73 Å². The highest BCUT2D eigenvalue weighted by atomic mass is 79.9. The second-order valence-corrected chi connectivity index (χ2v) is 3.84. The Labute approximate surface area is 90.2 Å². The molecule has 1 aromatic rings. The summed E-state index contributed by atoms with van der Waals surface area (Å²) in [6, 6.07) is 1.81. The molecule has 0 aliphatic heterocycles. The summed E-state index contributed by atoms with van der Waals surface area (Å²) in [7, 11) is 0. The topological polar surface area (TPSA) is 76.5 Å². The second kappa shape index (κ2) is 4.61. The Kier molecular flexibility index (Phi) is 3.71. The minimum Gasteiger partial charge on any atom is -0.481 e. The van der Waals surface area contributed by atoms with E-state index in [9.17, 15) is 4.79 Å². The third-order valence-electron chi connectivity index (χ3n) is 1.98. The van der Waals surface area contributed by atoms with Gasteiger partial charge in [-0.2, -0.15) is 0 Å². The molecule has 0 aromatic carbocycles. The fourth-order valence-corrected chi connectivity index (χ4v) is 2.01. The van der Waals surface area contributed by atoms with Crippen molar-refractivity contribution in [3.8, 4) is 0 Å². The van der Waals surface area contributed by atoms with E-state index < -0.39 is 5.97 Å². The van der Waals surface area contributed by atoms with E-state index in [1.54, 1.807) is 0 Å². The first-order valence-electron chi connectivity index (χ1n) is 4.22. The lowest BCUT2D eigenvalue weighted by molar-refractivity contribution is -0.137. The average molecular weight is 262 g/mol. The molecule has 5 heteroatoms. The van der Waals surface area contributed by atoms with Gasteiger partial charge in [-0.25, -0.2) is 0 Å². The van der Waals surface area contributed by atoms with Crippen molar-refractivity contribution in [2.24, 2.45) is 5.73 Å². The zero-order valence-electron chi connectivity index (χ0n) is 7.79. The SMILES string of the molecule is Cc1cc(C(CN)CC(=O)O)c(Br)o1. The van der Waals surface area contributed by atoms with Crippen LogP contribution in [-0.4, -0.2) is 17.6 Å². The average Bonchev–Trinajstić information content (AvgIpc) is 2.41. The van der Waals surface area contributed by atoms with Crippen LogP contribution in [0.4, 0.5) is 0 Å². The van der Waals surface area contributed by atoms with Crippen LogP contribution in [0, 0.1) is 6.92 Å². The normalized spacial score (nSPS) is 12.8. The molecule has 14 heavy (non-hydrogen) atoms. The van der Waals surface area contributed by atoms with E-state index >= 15 is 0 Å². The number of nitrogens with two attached hydrogens (primary N) is 1. The summed E-state index contributed by atoms with van der Waals surface area (Å²) >= 11 is 3.23. The molecule has 0 saturated heterocycles. The molecular formula is C9H12BrNO3. The van der Waals surface area contributed by atoms with Crippen molar-refractivity contribution >= 4 is 21.9 Å². The van der Waals surface area contributed by atoms with Crippen LogP contribution in [0.3, 0.4) is 0 Å². The number of carboxylic acids is 1. The van der Waals surface area contributed by atoms with Gasteiger partial charge in [0.25, 0.3) is 0 Å². The lowest BCUT2D eigenvalue weighted by atomic mass is 9.98. The molecule has 1 aromatic heterocycles. The first-order chi connectivity index (χ1) is 6.54. The van der Waals surface area contributed by atoms with Gasteiger partial charge < -0.3 is 15.3 Å².